The predicted octanol–water partition coefficient (Wildman–Crippen LogP) is 9.57. The Morgan fingerprint density at radius 2 is 1.75 bits per heavy atom. The van der Waals surface area contributed by atoms with E-state index in [1.165, 1.54) is 18.3 Å². The van der Waals surface area contributed by atoms with Gasteiger partial charge in [-0.05, 0) is 151 Å². The average Bonchev–Trinajstić information content (AvgIpc) is 3.78. The first kappa shape index (κ1) is 46.0. The number of phenols is 3. The number of ketones is 1. The zero-order valence-electron chi connectivity index (χ0n) is 41.4. The number of fused-ring (bicyclic) bond motifs is 5. The molecule has 13 rings (SSSR count). The molecule has 0 radical (unpaired) electrons. The Labute approximate surface area is 418 Å². The van der Waals surface area contributed by atoms with Crippen LogP contribution in [0.5, 0.6) is 23.0 Å². The molecule has 3 aromatic carbocycles. The van der Waals surface area contributed by atoms with Gasteiger partial charge in [0.15, 0.2) is 23.0 Å². The van der Waals surface area contributed by atoms with Crippen molar-refractivity contribution in [2.24, 2.45) is 58.2 Å². The van der Waals surface area contributed by atoms with Gasteiger partial charge in [0.05, 0.1) is 25.4 Å². The number of aliphatic hydroxyl groups excluding tert-OH is 2. The Kier molecular flexibility index (Phi) is 10.6. The van der Waals surface area contributed by atoms with Crippen molar-refractivity contribution in [1.82, 2.24) is 5.32 Å². The van der Waals surface area contributed by atoms with Gasteiger partial charge < -0.3 is 40.7 Å². The highest BCUT2D eigenvalue weighted by Crippen LogP contribution is 2.85. The first-order valence-corrected chi connectivity index (χ1v) is 27.3. The number of unbranched alkanes of at least 4 members (excludes halogenated alkanes) is 2. The molecule has 0 aromatic heterocycles. The number of nitrogens with one attached hydrogen (secondary N) is 1. The van der Waals surface area contributed by atoms with Gasteiger partial charge in [-0.1, -0.05) is 105 Å². The van der Waals surface area contributed by atoms with Crippen molar-refractivity contribution in [1.29, 1.82) is 0 Å². The van der Waals surface area contributed by atoms with Gasteiger partial charge in [0.25, 0.3) is 0 Å². The Morgan fingerprint density at radius 1 is 0.915 bits per heavy atom. The predicted molar refractivity (Wildman–Crippen MR) is 271 cm³/mol. The van der Waals surface area contributed by atoms with Gasteiger partial charge in [0, 0.05) is 64.8 Å². The van der Waals surface area contributed by atoms with Gasteiger partial charge in [-0.25, -0.2) is 0 Å². The SMILES string of the molecule is CCCCCC1C(=O)CC(c2cc(OC)c(O)cc2CO)C(Cc2ccccc2)C#CC2CNC34CCC1(O)C2C31c2cc(O)c(O)cc2C2CC1C13CC25CCCC5C=C1C1CC(O)C=CC1=CC3C4. The van der Waals surface area contributed by atoms with Gasteiger partial charge in [-0.15, -0.1) is 0 Å². The van der Waals surface area contributed by atoms with Gasteiger partial charge in [0.2, 0.25) is 0 Å². The zero-order chi connectivity index (χ0) is 48.8. The lowest BCUT2D eigenvalue weighted by Crippen LogP contribution is -2.86. The molecule has 4 saturated carbocycles. The highest BCUT2D eigenvalue weighted by atomic mass is 16.5. The van der Waals surface area contributed by atoms with Crippen molar-refractivity contribution >= 4 is 5.78 Å². The molecule has 6 bridgehead atoms. The summed E-state index contributed by atoms with van der Waals surface area (Å²) in [5, 5.41) is 76.1. The molecule has 1 aliphatic heterocycles. The van der Waals surface area contributed by atoms with Gasteiger partial charge in [-0.3, -0.25) is 4.79 Å². The molecular weight excluding hydrogens is 887 g/mol. The Morgan fingerprint density at radius 3 is 2.55 bits per heavy atom. The molecule has 9 heteroatoms. The lowest BCUT2D eigenvalue weighted by atomic mass is 9.24. The van der Waals surface area contributed by atoms with Crippen molar-refractivity contribution in [3.05, 3.63) is 118 Å². The number of methoxy groups -OCH3 is 1. The number of hydrogen-bond acceptors (Lipinski definition) is 9. The average molecular weight is 958 g/mol. The van der Waals surface area contributed by atoms with Crippen molar-refractivity contribution in [3.8, 4) is 34.8 Å². The van der Waals surface area contributed by atoms with Crippen molar-refractivity contribution in [3.63, 3.8) is 0 Å². The van der Waals surface area contributed by atoms with Gasteiger partial charge in [-0.2, -0.15) is 0 Å². The molecule has 9 aliphatic carbocycles. The molecule has 0 amide bonds. The van der Waals surface area contributed by atoms with Crippen LogP contribution in [0.15, 0.2) is 90.0 Å². The molecule has 1 saturated heterocycles. The number of carbonyl (C=O) groups is 1. The second kappa shape index (κ2) is 16.3. The number of hydrogen-bond donors (Lipinski definition) is 7. The molecule has 1 heterocycles. The molecule has 10 aliphatic rings. The lowest BCUT2D eigenvalue weighted by molar-refractivity contribution is -0.255. The summed E-state index contributed by atoms with van der Waals surface area (Å²) in [5.41, 5.74) is 4.21. The minimum atomic E-state index is -1.48. The van der Waals surface area contributed by atoms with E-state index >= 15 is 4.79 Å². The molecule has 71 heavy (non-hydrogen) atoms. The molecule has 16 atom stereocenters. The lowest BCUT2D eigenvalue weighted by Gasteiger charge is -2.81. The normalized spacial score (nSPS) is 41.7. The molecule has 9 nitrogen and oxygen atoms in total. The van der Waals surface area contributed by atoms with Gasteiger partial charge in [0.1, 0.15) is 5.78 Å². The summed E-state index contributed by atoms with van der Waals surface area (Å²) >= 11 is 0. The maximum atomic E-state index is 16.2. The molecule has 16 unspecified atom stereocenters. The van der Waals surface area contributed by atoms with E-state index in [0.717, 1.165) is 80.0 Å². The third kappa shape index (κ3) is 6.11. The van der Waals surface area contributed by atoms with E-state index in [-0.39, 0.29) is 82.2 Å². The monoisotopic (exact) mass is 958 g/mol. The summed E-state index contributed by atoms with van der Waals surface area (Å²) in [6.45, 7) is 2.37. The molecular formula is C62H71NO8. The number of carbonyl (C=O) groups excluding carboxylic acids is 1. The summed E-state index contributed by atoms with van der Waals surface area (Å²) in [6.07, 6.45) is 20.7. The number of ether oxygens (including phenoxy) is 1. The van der Waals surface area contributed by atoms with Crippen molar-refractivity contribution < 1.29 is 40.2 Å². The minimum absolute atomic E-state index is 0.00431. The number of Topliss-reactive ketones (excluding diaryl/α,β-unsaturated/α-hetero) is 1. The summed E-state index contributed by atoms with van der Waals surface area (Å²) in [7, 11) is 1.51. The van der Waals surface area contributed by atoms with E-state index in [9.17, 15) is 30.6 Å². The fourth-order valence-corrected chi connectivity index (χ4v) is 19.3. The Balaban J connectivity index is 1.09. The number of aromatic hydroxyl groups is 3. The number of aliphatic hydroxyl groups is 3. The van der Waals surface area contributed by atoms with Crippen molar-refractivity contribution in [2.45, 2.75) is 144 Å². The highest BCUT2D eigenvalue weighted by Gasteiger charge is 2.83. The van der Waals surface area contributed by atoms with E-state index < -0.39 is 46.3 Å². The summed E-state index contributed by atoms with van der Waals surface area (Å²) in [6, 6.07) is 17.4. The standard InChI is InChI=1S/C62H71NO8/c1-3-4-6-13-47-51(66)26-43(44-28-55(71-2)54(69)23-39(44)33-64)36(21-35-10-7-5-8-11-35)14-15-38-32-63-59-19-20-61(47,70)57(38)62(59)50-29-53(68)52(67)27-46(50)48-30-56(62)60-34-58(48)18-9-12-40(58)24-49(60)45-25-42(65)17-16-37(45)22-41(60)31-59/h5,7-8,10-11,16-17,22-24,27-29,36,38,40-43,45,47-48,56-57,63-65,67-70H,3-4,6,9,12-13,18-21,25-26,30-34H2,1-2H3. The van der Waals surface area contributed by atoms with E-state index in [1.807, 2.05) is 36.4 Å². The minimum Gasteiger partial charge on any atom is -0.504 e. The van der Waals surface area contributed by atoms with Crippen LogP contribution in [0.1, 0.15) is 136 Å². The summed E-state index contributed by atoms with van der Waals surface area (Å²) in [4.78, 5) is 16.2. The van der Waals surface area contributed by atoms with E-state index in [1.54, 1.807) is 12.1 Å². The highest BCUT2D eigenvalue weighted by molar-refractivity contribution is 5.84. The van der Waals surface area contributed by atoms with Crippen LogP contribution in [0, 0.1) is 70.0 Å². The van der Waals surface area contributed by atoms with E-state index in [2.05, 4.69) is 54.4 Å². The number of allylic oxidation sites excluding steroid dienone is 5. The Bertz CT molecular complexity index is 2860. The number of piperidine rings is 1. The number of benzene rings is 3. The third-order valence-electron chi connectivity index (χ3n) is 21.7. The molecule has 3 spiro atoms. The second-order valence-corrected chi connectivity index (χ2v) is 24.2. The van der Waals surface area contributed by atoms with Crippen LogP contribution in [-0.2, 0) is 23.2 Å². The van der Waals surface area contributed by atoms with Crippen LogP contribution in [0.25, 0.3) is 0 Å². The van der Waals surface area contributed by atoms with E-state index in [0.29, 0.717) is 50.1 Å². The van der Waals surface area contributed by atoms with E-state index in [4.69, 9.17) is 4.74 Å². The van der Waals surface area contributed by atoms with Crippen molar-refractivity contribution in [2.75, 3.05) is 13.7 Å². The first-order valence-electron chi connectivity index (χ1n) is 27.3. The number of rotatable bonds is 9. The zero-order valence-corrected chi connectivity index (χ0v) is 41.4. The quantitative estimate of drug-likeness (QED) is 0.0480. The maximum absolute atomic E-state index is 16.2. The van der Waals surface area contributed by atoms with Crippen LogP contribution in [0.3, 0.4) is 0 Å². The molecule has 5 fully saturated rings. The summed E-state index contributed by atoms with van der Waals surface area (Å²) in [5.74, 6) is 6.19. The van der Waals surface area contributed by atoms with Gasteiger partial charge >= 0.3 is 0 Å². The van der Waals surface area contributed by atoms with Crippen LogP contribution >= 0.6 is 0 Å². The second-order valence-electron chi connectivity index (χ2n) is 24.2. The number of phenolic OH excluding ortho intramolecular Hbond substituents is 3. The van der Waals surface area contributed by atoms with Crippen LogP contribution in [-0.4, -0.2) is 67.3 Å². The topological polar surface area (TPSA) is 160 Å². The van der Waals surface area contributed by atoms with Crippen LogP contribution < -0.4 is 10.1 Å². The fourth-order valence-electron chi connectivity index (χ4n) is 19.3. The largest absolute Gasteiger partial charge is 0.504 e. The van der Waals surface area contributed by atoms with Crippen LogP contribution in [0.2, 0.25) is 0 Å². The first-order chi connectivity index (χ1) is 34.4. The molecule has 7 N–H and O–H groups in total. The third-order valence-corrected chi connectivity index (χ3v) is 21.7. The smallest absolute Gasteiger partial charge is 0.160 e. The maximum Gasteiger partial charge on any atom is 0.160 e. The molecule has 3 aromatic rings. The fraction of sp³-hybridized carbons (Fsp3) is 0.565. The molecule has 372 valence electrons. The Hall–Kier alpha value is -4.85. The summed E-state index contributed by atoms with van der Waals surface area (Å²) < 4.78 is 5.69. The van der Waals surface area contributed by atoms with Crippen LogP contribution in [0.4, 0.5) is 0 Å².